The van der Waals surface area contributed by atoms with Crippen molar-refractivity contribution in [1.29, 1.82) is 5.26 Å². The lowest BCUT2D eigenvalue weighted by atomic mass is 10.0. The van der Waals surface area contributed by atoms with Crippen molar-refractivity contribution in [3.63, 3.8) is 0 Å². The SMILES string of the molecule is CC1(C)C(C(=O)OC(C#N)c2cccc(Oc3ccccc3)c2)C1(C)C.CCOP(=S)(OCC)Oc1cc(C)nc(C(C)C)n1. The minimum absolute atomic E-state index is 0.123. The van der Waals surface area contributed by atoms with Crippen LogP contribution >= 0.6 is 6.72 Å². The van der Waals surface area contributed by atoms with Crippen LogP contribution in [0.3, 0.4) is 0 Å². The molecule has 1 unspecified atom stereocenters. The molecule has 1 aromatic heterocycles. The maximum Gasteiger partial charge on any atom is 0.381 e. The normalized spacial score (nSPS) is 15.7. The third kappa shape index (κ3) is 9.34. The number of aryl methyl sites for hydroxylation is 1. The molecule has 9 nitrogen and oxygen atoms in total. The minimum atomic E-state index is -2.77. The predicted molar refractivity (Wildman–Crippen MR) is 177 cm³/mol. The average Bonchev–Trinajstić information content (AvgIpc) is 3.39. The minimum Gasteiger partial charge on any atom is -0.457 e. The number of nitriles is 1. The number of para-hydroxylation sites is 1. The molecule has 3 aromatic rings. The van der Waals surface area contributed by atoms with Crippen LogP contribution in [0.25, 0.3) is 0 Å². The van der Waals surface area contributed by atoms with E-state index in [1.807, 2.05) is 65.0 Å². The van der Waals surface area contributed by atoms with Gasteiger partial charge in [-0.1, -0.05) is 71.9 Å². The molecule has 11 heteroatoms. The highest BCUT2D eigenvalue weighted by molar-refractivity contribution is 8.07. The van der Waals surface area contributed by atoms with Gasteiger partial charge in [0.25, 0.3) is 0 Å². The molecular weight excluding hydrogens is 609 g/mol. The van der Waals surface area contributed by atoms with Gasteiger partial charge in [-0.25, -0.2) is 4.98 Å². The van der Waals surface area contributed by atoms with Gasteiger partial charge in [-0.05, 0) is 55.9 Å². The Balaban J connectivity index is 0.000000259. The predicted octanol–water partition coefficient (Wildman–Crippen LogP) is 8.85. The van der Waals surface area contributed by atoms with E-state index in [1.165, 1.54) is 0 Å². The zero-order valence-corrected chi connectivity index (χ0v) is 29.3. The number of ether oxygens (including phenoxy) is 2. The molecule has 2 aromatic carbocycles. The van der Waals surface area contributed by atoms with Crippen LogP contribution in [0.5, 0.6) is 17.4 Å². The molecule has 1 fully saturated rings. The molecule has 1 atom stereocenters. The van der Waals surface area contributed by atoms with Gasteiger partial charge in [-0.15, -0.1) is 0 Å². The first kappa shape index (κ1) is 36.1. The van der Waals surface area contributed by atoms with Gasteiger partial charge in [0, 0.05) is 35.0 Å². The van der Waals surface area contributed by atoms with E-state index in [1.54, 1.807) is 30.3 Å². The first-order chi connectivity index (χ1) is 21.2. The molecule has 0 radical (unpaired) electrons. The van der Waals surface area contributed by atoms with Crippen LogP contribution in [0.2, 0.25) is 0 Å². The molecule has 1 heterocycles. The summed E-state index contributed by atoms with van der Waals surface area (Å²) in [6, 6.07) is 20.3. The number of rotatable bonds is 12. The average molecular weight is 654 g/mol. The fourth-order valence-electron chi connectivity index (χ4n) is 4.89. The topological polar surface area (TPSA) is 113 Å². The molecule has 242 valence electrons. The quantitative estimate of drug-likeness (QED) is 0.139. The van der Waals surface area contributed by atoms with Crippen molar-refractivity contribution in [2.45, 2.75) is 74.3 Å². The Morgan fingerprint density at radius 2 is 1.56 bits per heavy atom. The maximum atomic E-state index is 12.6. The first-order valence-electron chi connectivity index (χ1n) is 15.0. The van der Waals surface area contributed by atoms with E-state index in [9.17, 15) is 10.1 Å². The molecule has 1 aliphatic carbocycles. The molecule has 0 saturated heterocycles. The van der Waals surface area contributed by atoms with Crippen LogP contribution < -0.4 is 9.26 Å². The lowest BCUT2D eigenvalue weighted by Crippen LogP contribution is -2.15. The molecule has 0 amide bonds. The maximum absolute atomic E-state index is 12.6. The standard InChI is InChI=1S/C22H23NO3.C12H21N2O3PS/c1-21(2)19(22(21,3)4)20(24)26-18(14-23)15-9-8-12-17(13-15)25-16-10-6-5-7-11-16;1-6-15-18(19,16-7-2)17-11-8-10(5)13-12(14-11)9(3)4/h5-13,18-19H,1-4H3;8-9H,6-7H2,1-5H3. The molecule has 0 bridgehead atoms. The van der Waals surface area contributed by atoms with Crippen LogP contribution in [-0.4, -0.2) is 29.2 Å². The molecule has 1 aliphatic rings. The fraction of sp³-hybridized carbons (Fsp3) is 0.471. The van der Waals surface area contributed by atoms with Gasteiger partial charge in [0.2, 0.25) is 12.0 Å². The summed E-state index contributed by atoms with van der Waals surface area (Å²) >= 11 is 5.32. The molecule has 45 heavy (non-hydrogen) atoms. The van der Waals surface area contributed by atoms with Crippen molar-refractivity contribution < 1.29 is 27.8 Å². The third-order valence-corrected chi connectivity index (χ3v) is 10.3. The van der Waals surface area contributed by atoms with E-state index in [0.29, 0.717) is 36.2 Å². The molecular formula is C34H44N3O6PS. The highest BCUT2D eigenvalue weighted by Crippen LogP contribution is 2.68. The summed E-state index contributed by atoms with van der Waals surface area (Å²) in [6.07, 6.45) is -0.950. The number of esters is 1. The van der Waals surface area contributed by atoms with Crippen molar-refractivity contribution in [1.82, 2.24) is 9.97 Å². The van der Waals surface area contributed by atoms with Gasteiger partial charge in [-0.2, -0.15) is 10.2 Å². The smallest absolute Gasteiger partial charge is 0.381 e. The van der Waals surface area contributed by atoms with Crippen LogP contribution in [0.1, 0.15) is 84.5 Å². The zero-order chi connectivity index (χ0) is 33.4. The van der Waals surface area contributed by atoms with E-state index >= 15 is 0 Å². The zero-order valence-electron chi connectivity index (χ0n) is 27.6. The Labute approximate surface area is 272 Å². The number of aromatic nitrogens is 2. The summed E-state index contributed by atoms with van der Waals surface area (Å²) in [5.41, 5.74) is 1.19. The van der Waals surface area contributed by atoms with Gasteiger partial charge in [0.05, 0.1) is 19.1 Å². The van der Waals surface area contributed by atoms with Crippen LogP contribution in [-0.2, 0) is 30.4 Å². The molecule has 4 rings (SSSR count). The van der Waals surface area contributed by atoms with Crippen LogP contribution in [0.15, 0.2) is 60.7 Å². The van der Waals surface area contributed by atoms with Gasteiger partial charge in [0.1, 0.15) is 23.4 Å². The van der Waals surface area contributed by atoms with Gasteiger partial charge >= 0.3 is 12.7 Å². The molecule has 0 aliphatic heterocycles. The Morgan fingerprint density at radius 3 is 2.09 bits per heavy atom. The van der Waals surface area contributed by atoms with E-state index in [0.717, 1.165) is 11.5 Å². The number of carbonyl (C=O) groups excluding carboxylic acids is 1. The number of hydrogen-bond acceptors (Lipinski definition) is 10. The Kier molecular flexibility index (Phi) is 12.3. The fourth-order valence-corrected chi connectivity index (χ4v) is 6.89. The summed E-state index contributed by atoms with van der Waals surface area (Å²) in [5, 5.41) is 9.50. The summed E-state index contributed by atoms with van der Waals surface area (Å²) in [4.78, 5) is 21.3. The second kappa shape index (κ2) is 15.3. The van der Waals surface area contributed by atoms with E-state index < -0.39 is 12.8 Å². The van der Waals surface area contributed by atoms with Crippen LogP contribution in [0, 0.1) is 35.0 Å². The second-order valence-electron chi connectivity index (χ2n) is 12.0. The van der Waals surface area contributed by atoms with E-state index in [-0.39, 0.29) is 28.6 Å². The van der Waals surface area contributed by atoms with E-state index in [2.05, 4.69) is 43.7 Å². The highest BCUT2D eigenvalue weighted by Gasteiger charge is 2.69. The Morgan fingerprint density at radius 1 is 0.956 bits per heavy atom. The summed E-state index contributed by atoms with van der Waals surface area (Å²) in [6.45, 7) is 16.0. The molecule has 0 N–H and O–H groups in total. The lowest BCUT2D eigenvalue weighted by molar-refractivity contribution is -0.150. The van der Waals surface area contributed by atoms with Crippen molar-refractivity contribution in [3.05, 3.63) is 77.7 Å². The Hall–Kier alpha value is -3.35. The summed E-state index contributed by atoms with van der Waals surface area (Å²) < 4.78 is 27.9. The highest BCUT2D eigenvalue weighted by atomic mass is 32.5. The largest absolute Gasteiger partial charge is 0.457 e. The number of benzene rings is 2. The van der Waals surface area contributed by atoms with Gasteiger partial charge in [-0.3, -0.25) is 13.8 Å². The van der Waals surface area contributed by atoms with E-state index in [4.69, 9.17) is 34.9 Å². The molecule has 0 spiro atoms. The summed E-state index contributed by atoms with van der Waals surface area (Å²) in [5.74, 6) is 2.15. The van der Waals surface area contributed by atoms with Crippen molar-refractivity contribution in [2.24, 2.45) is 16.7 Å². The number of carbonyl (C=O) groups is 1. The lowest BCUT2D eigenvalue weighted by Gasteiger charge is -2.20. The van der Waals surface area contributed by atoms with Crippen molar-refractivity contribution >= 4 is 24.5 Å². The second-order valence-corrected chi connectivity index (χ2v) is 15.0. The Bertz CT molecular complexity index is 1520. The van der Waals surface area contributed by atoms with Gasteiger partial charge in [0.15, 0.2) is 0 Å². The number of hydrogen-bond donors (Lipinski definition) is 0. The third-order valence-electron chi connectivity index (χ3n) is 7.89. The first-order valence-corrected chi connectivity index (χ1v) is 17.6. The van der Waals surface area contributed by atoms with Gasteiger partial charge < -0.3 is 14.0 Å². The summed E-state index contributed by atoms with van der Waals surface area (Å²) in [7, 11) is 0. The van der Waals surface area contributed by atoms with Crippen LogP contribution in [0.4, 0.5) is 0 Å². The monoisotopic (exact) mass is 653 g/mol. The molecule has 1 saturated carbocycles. The van der Waals surface area contributed by atoms with Crippen molar-refractivity contribution in [2.75, 3.05) is 13.2 Å². The van der Waals surface area contributed by atoms with Crippen molar-refractivity contribution in [3.8, 4) is 23.4 Å². The number of nitrogens with zero attached hydrogens (tertiary/aromatic N) is 3.